The first kappa shape index (κ1) is 14.9. The molecule has 0 bridgehead atoms. The van der Waals surface area contributed by atoms with E-state index >= 15 is 0 Å². The molecule has 0 aromatic heterocycles. The summed E-state index contributed by atoms with van der Waals surface area (Å²) in [7, 11) is 0. The minimum Gasteiger partial charge on any atom is -0.271 e. The Bertz CT molecular complexity index is 405. The van der Waals surface area contributed by atoms with Gasteiger partial charge < -0.3 is 0 Å². The van der Waals surface area contributed by atoms with Crippen LogP contribution >= 0.6 is 15.9 Å². The van der Waals surface area contributed by atoms with Gasteiger partial charge in [0.25, 0.3) is 0 Å². The van der Waals surface area contributed by atoms with Crippen molar-refractivity contribution in [3.05, 3.63) is 34.1 Å². The lowest BCUT2D eigenvalue weighted by Gasteiger charge is -2.26. The first-order valence-electron chi connectivity index (χ1n) is 7.09. The van der Waals surface area contributed by atoms with Crippen molar-refractivity contribution in [3.63, 3.8) is 0 Å². The zero-order valence-corrected chi connectivity index (χ0v) is 12.8. The van der Waals surface area contributed by atoms with Gasteiger partial charge in [-0.05, 0) is 42.5 Å². The van der Waals surface area contributed by atoms with Crippen molar-refractivity contribution in [3.8, 4) is 0 Å². The summed E-state index contributed by atoms with van der Waals surface area (Å²) in [5, 5.41) is 0. The van der Waals surface area contributed by atoms with Crippen molar-refractivity contribution in [2.45, 2.75) is 51.0 Å². The highest BCUT2D eigenvalue weighted by Crippen LogP contribution is 2.28. The molecule has 1 aliphatic rings. The molecule has 1 atom stereocenters. The SMILES string of the molecule is NNC(Cc1cc(Br)ccc1F)CC1CCCCC1. The highest BCUT2D eigenvalue weighted by Gasteiger charge is 2.19. The Hall–Kier alpha value is -0.450. The lowest BCUT2D eigenvalue weighted by atomic mass is 9.84. The van der Waals surface area contributed by atoms with Crippen LogP contribution in [0.3, 0.4) is 0 Å². The van der Waals surface area contributed by atoms with E-state index in [2.05, 4.69) is 21.4 Å². The third-order valence-corrected chi connectivity index (χ3v) is 4.55. The minimum atomic E-state index is -0.146. The molecule has 1 aliphatic carbocycles. The van der Waals surface area contributed by atoms with Crippen LogP contribution in [0, 0.1) is 11.7 Å². The number of hydrogen-bond acceptors (Lipinski definition) is 2. The molecule has 1 saturated carbocycles. The number of halogens is 2. The van der Waals surface area contributed by atoms with Crippen LogP contribution in [0.4, 0.5) is 4.39 Å². The van der Waals surface area contributed by atoms with Crippen LogP contribution in [0.5, 0.6) is 0 Å². The van der Waals surface area contributed by atoms with Crippen LogP contribution in [-0.4, -0.2) is 6.04 Å². The van der Waals surface area contributed by atoms with E-state index in [1.807, 2.05) is 6.07 Å². The van der Waals surface area contributed by atoms with Crippen LogP contribution in [0.15, 0.2) is 22.7 Å². The Morgan fingerprint density at radius 2 is 2.05 bits per heavy atom. The Morgan fingerprint density at radius 3 is 2.74 bits per heavy atom. The van der Waals surface area contributed by atoms with Gasteiger partial charge in [0, 0.05) is 10.5 Å². The van der Waals surface area contributed by atoms with E-state index in [-0.39, 0.29) is 11.9 Å². The fraction of sp³-hybridized carbons (Fsp3) is 0.600. The Kier molecular flexibility index (Phi) is 5.79. The molecule has 0 saturated heterocycles. The second kappa shape index (κ2) is 7.36. The van der Waals surface area contributed by atoms with Gasteiger partial charge in [-0.2, -0.15) is 0 Å². The van der Waals surface area contributed by atoms with E-state index in [1.165, 1.54) is 38.2 Å². The van der Waals surface area contributed by atoms with Gasteiger partial charge in [-0.1, -0.05) is 48.0 Å². The number of hydrogen-bond donors (Lipinski definition) is 2. The molecule has 3 N–H and O–H groups in total. The molecular weight excluding hydrogens is 307 g/mol. The molecule has 4 heteroatoms. The average Bonchev–Trinajstić information content (AvgIpc) is 2.43. The average molecular weight is 329 g/mol. The monoisotopic (exact) mass is 328 g/mol. The maximum absolute atomic E-state index is 13.8. The molecule has 19 heavy (non-hydrogen) atoms. The quantitative estimate of drug-likeness (QED) is 0.634. The van der Waals surface area contributed by atoms with E-state index in [0.29, 0.717) is 6.42 Å². The molecule has 1 aromatic carbocycles. The molecule has 106 valence electrons. The summed E-state index contributed by atoms with van der Waals surface area (Å²) < 4.78 is 14.7. The lowest BCUT2D eigenvalue weighted by Crippen LogP contribution is -2.38. The van der Waals surface area contributed by atoms with Crippen molar-refractivity contribution in [2.75, 3.05) is 0 Å². The fourth-order valence-corrected chi connectivity index (χ4v) is 3.41. The van der Waals surface area contributed by atoms with Crippen LogP contribution in [-0.2, 0) is 6.42 Å². The van der Waals surface area contributed by atoms with Crippen molar-refractivity contribution in [1.82, 2.24) is 5.43 Å². The van der Waals surface area contributed by atoms with E-state index in [4.69, 9.17) is 5.84 Å². The van der Waals surface area contributed by atoms with Crippen molar-refractivity contribution < 1.29 is 4.39 Å². The first-order valence-corrected chi connectivity index (χ1v) is 7.88. The van der Waals surface area contributed by atoms with Crippen LogP contribution in [0.2, 0.25) is 0 Å². The van der Waals surface area contributed by atoms with Crippen LogP contribution < -0.4 is 11.3 Å². The molecule has 0 aliphatic heterocycles. The van der Waals surface area contributed by atoms with Gasteiger partial charge in [0.1, 0.15) is 5.82 Å². The number of benzene rings is 1. The summed E-state index contributed by atoms with van der Waals surface area (Å²) in [4.78, 5) is 0. The van der Waals surface area contributed by atoms with E-state index < -0.39 is 0 Å². The summed E-state index contributed by atoms with van der Waals surface area (Å²) in [5.74, 6) is 6.24. The largest absolute Gasteiger partial charge is 0.271 e. The summed E-state index contributed by atoms with van der Waals surface area (Å²) in [5.41, 5.74) is 3.59. The third kappa shape index (κ3) is 4.55. The van der Waals surface area contributed by atoms with Gasteiger partial charge in [0.2, 0.25) is 0 Å². The molecule has 1 fully saturated rings. The topological polar surface area (TPSA) is 38.0 Å². The van der Waals surface area contributed by atoms with Gasteiger partial charge >= 0.3 is 0 Å². The highest BCUT2D eigenvalue weighted by atomic mass is 79.9. The number of nitrogens with one attached hydrogen (secondary N) is 1. The van der Waals surface area contributed by atoms with Crippen LogP contribution in [0.25, 0.3) is 0 Å². The number of rotatable bonds is 5. The molecule has 2 nitrogen and oxygen atoms in total. The molecule has 1 aromatic rings. The standard InChI is InChI=1S/C15H22BrFN2/c16-13-6-7-15(17)12(9-13)10-14(19-18)8-11-4-2-1-3-5-11/h6-7,9,11,14,19H,1-5,8,10,18H2. The summed E-state index contributed by atoms with van der Waals surface area (Å²) in [6.45, 7) is 0. The summed E-state index contributed by atoms with van der Waals surface area (Å²) in [6.07, 6.45) is 8.29. The molecule has 2 rings (SSSR count). The molecule has 0 heterocycles. The maximum Gasteiger partial charge on any atom is 0.126 e. The zero-order valence-electron chi connectivity index (χ0n) is 11.2. The van der Waals surface area contributed by atoms with E-state index in [0.717, 1.165) is 22.4 Å². The van der Waals surface area contributed by atoms with E-state index in [1.54, 1.807) is 6.07 Å². The van der Waals surface area contributed by atoms with Crippen molar-refractivity contribution in [2.24, 2.45) is 11.8 Å². The predicted octanol–water partition coefficient (Wildman–Crippen LogP) is 3.93. The number of nitrogens with two attached hydrogens (primary N) is 1. The summed E-state index contributed by atoms with van der Waals surface area (Å²) in [6, 6.07) is 5.24. The Labute approximate surface area is 123 Å². The molecule has 1 unspecified atom stereocenters. The molecular formula is C15H22BrFN2. The smallest absolute Gasteiger partial charge is 0.126 e. The lowest BCUT2D eigenvalue weighted by molar-refractivity contribution is 0.297. The van der Waals surface area contributed by atoms with Gasteiger partial charge in [-0.3, -0.25) is 11.3 Å². The molecule has 0 radical (unpaired) electrons. The van der Waals surface area contributed by atoms with Crippen LogP contribution in [0.1, 0.15) is 44.1 Å². The Balaban J connectivity index is 1.95. The molecule has 0 spiro atoms. The van der Waals surface area contributed by atoms with Crippen molar-refractivity contribution in [1.29, 1.82) is 0 Å². The van der Waals surface area contributed by atoms with E-state index in [9.17, 15) is 4.39 Å². The predicted molar refractivity (Wildman–Crippen MR) is 80.1 cm³/mol. The summed E-state index contributed by atoms with van der Waals surface area (Å²) >= 11 is 3.39. The minimum absolute atomic E-state index is 0.146. The van der Waals surface area contributed by atoms with Gasteiger partial charge in [-0.25, -0.2) is 4.39 Å². The zero-order chi connectivity index (χ0) is 13.7. The second-order valence-corrected chi connectivity index (χ2v) is 6.46. The maximum atomic E-state index is 13.8. The normalized spacial score (nSPS) is 18.5. The first-order chi connectivity index (χ1) is 9.19. The van der Waals surface area contributed by atoms with Gasteiger partial charge in [-0.15, -0.1) is 0 Å². The van der Waals surface area contributed by atoms with Gasteiger partial charge in [0.05, 0.1) is 0 Å². The van der Waals surface area contributed by atoms with Gasteiger partial charge in [0.15, 0.2) is 0 Å². The second-order valence-electron chi connectivity index (χ2n) is 5.54. The number of hydrazine groups is 1. The van der Waals surface area contributed by atoms with Crippen molar-refractivity contribution >= 4 is 15.9 Å². The molecule has 0 amide bonds. The highest BCUT2D eigenvalue weighted by molar-refractivity contribution is 9.10. The third-order valence-electron chi connectivity index (χ3n) is 4.05. The fourth-order valence-electron chi connectivity index (χ4n) is 3.00. The Morgan fingerprint density at radius 1 is 1.32 bits per heavy atom.